The van der Waals surface area contributed by atoms with Crippen LogP contribution >= 0.6 is 11.8 Å². The topological polar surface area (TPSA) is 63.3 Å². The van der Waals surface area contributed by atoms with E-state index >= 15 is 0 Å². The molecule has 0 aromatic heterocycles. The third-order valence-electron chi connectivity index (χ3n) is 3.37. The van der Waals surface area contributed by atoms with Crippen LogP contribution in [0.1, 0.15) is 17.0 Å². The van der Waals surface area contributed by atoms with Gasteiger partial charge in [-0.25, -0.2) is 0 Å². The normalized spacial score (nSPS) is 15.4. The van der Waals surface area contributed by atoms with E-state index in [9.17, 15) is 9.90 Å². The van der Waals surface area contributed by atoms with Gasteiger partial charge in [-0.1, -0.05) is 48.2 Å². The number of benzene rings is 2. The molecule has 2 aromatic rings. The average molecular weight is 271 g/mol. The molecule has 1 heterocycles. The van der Waals surface area contributed by atoms with E-state index in [1.165, 1.54) is 0 Å². The molecule has 19 heavy (non-hydrogen) atoms. The lowest BCUT2D eigenvalue weighted by Gasteiger charge is -2.30. The quantitative estimate of drug-likeness (QED) is 0.881. The Hall–Kier alpha value is -1.78. The first-order valence-corrected chi connectivity index (χ1v) is 6.84. The third kappa shape index (κ3) is 2.03. The molecular formula is C15H13NO2S. The number of aliphatic carboxylic acids is 1. The van der Waals surface area contributed by atoms with Gasteiger partial charge in [-0.05, 0) is 23.3 Å². The number of carboxylic acids is 1. The van der Waals surface area contributed by atoms with Crippen LogP contribution in [-0.2, 0) is 4.79 Å². The number of fused-ring (bicyclic) bond motifs is 2. The fraction of sp³-hybridized carbons (Fsp3) is 0.133. The first kappa shape index (κ1) is 12.3. The van der Waals surface area contributed by atoms with E-state index in [2.05, 4.69) is 0 Å². The first-order valence-electron chi connectivity index (χ1n) is 6.02. The SMILES string of the molecule is N[C@H](C(=O)O)C1c2ccccc2Sc2ccccc21. The monoisotopic (exact) mass is 271 g/mol. The van der Waals surface area contributed by atoms with Crippen LogP contribution in [-0.4, -0.2) is 17.1 Å². The van der Waals surface area contributed by atoms with Gasteiger partial charge in [-0.15, -0.1) is 0 Å². The summed E-state index contributed by atoms with van der Waals surface area (Å²) < 4.78 is 0. The highest BCUT2D eigenvalue weighted by molar-refractivity contribution is 7.99. The molecule has 0 radical (unpaired) electrons. The number of rotatable bonds is 2. The van der Waals surface area contributed by atoms with Crippen molar-refractivity contribution in [2.75, 3.05) is 0 Å². The molecule has 96 valence electrons. The second-order valence-electron chi connectivity index (χ2n) is 4.52. The van der Waals surface area contributed by atoms with Gasteiger partial charge < -0.3 is 10.8 Å². The Morgan fingerprint density at radius 3 is 2.00 bits per heavy atom. The van der Waals surface area contributed by atoms with Crippen LogP contribution < -0.4 is 5.73 Å². The van der Waals surface area contributed by atoms with Gasteiger partial charge in [0.15, 0.2) is 0 Å². The number of hydrogen-bond acceptors (Lipinski definition) is 3. The number of carbonyl (C=O) groups is 1. The van der Waals surface area contributed by atoms with Crippen molar-refractivity contribution in [2.45, 2.75) is 21.8 Å². The maximum absolute atomic E-state index is 11.3. The zero-order chi connectivity index (χ0) is 13.4. The molecule has 0 unspecified atom stereocenters. The maximum Gasteiger partial charge on any atom is 0.321 e. The van der Waals surface area contributed by atoms with Crippen molar-refractivity contribution in [1.82, 2.24) is 0 Å². The second kappa shape index (κ2) is 4.72. The van der Waals surface area contributed by atoms with Gasteiger partial charge >= 0.3 is 5.97 Å². The predicted molar refractivity (Wildman–Crippen MR) is 74.5 cm³/mol. The van der Waals surface area contributed by atoms with E-state index in [1.807, 2.05) is 48.5 Å². The third-order valence-corrected chi connectivity index (χ3v) is 4.56. The summed E-state index contributed by atoms with van der Waals surface area (Å²) in [4.78, 5) is 13.5. The Morgan fingerprint density at radius 2 is 1.53 bits per heavy atom. The summed E-state index contributed by atoms with van der Waals surface area (Å²) in [5, 5.41) is 9.25. The molecule has 0 saturated carbocycles. The molecule has 1 aliphatic rings. The van der Waals surface area contributed by atoms with Crippen molar-refractivity contribution >= 4 is 17.7 Å². The molecule has 0 spiro atoms. The van der Waals surface area contributed by atoms with Gasteiger partial charge in [0.1, 0.15) is 6.04 Å². The molecular weight excluding hydrogens is 258 g/mol. The van der Waals surface area contributed by atoms with Crippen molar-refractivity contribution in [2.24, 2.45) is 5.73 Å². The molecule has 0 bridgehead atoms. The van der Waals surface area contributed by atoms with Gasteiger partial charge in [0, 0.05) is 15.7 Å². The van der Waals surface area contributed by atoms with E-state index in [0.29, 0.717) is 0 Å². The second-order valence-corrected chi connectivity index (χ2v) is 5.60. The molecule has 1 atom stereocenters. The zero-order valence-electron chi connectivity index (χ0n) is 10.1. The first-order chi connectivity index (χ1) is 9.18. The van der Waals surface area contributed by atoms with Crippen molar-refractivity contribution in [3.8, 4) is 0 Å². The van der Waals surface area contributed by atoms with Gasteiger partial charge in [-0.3, -0.25) is 4.79 Å². The van der Waals surface area contributed by atoms with Crippen LogP contribution in [0.3, 0.4) is 0 Å². The molecule has 2 aromatic carbocycles. The van der Waals surface area contributed by atoms with Crippen LogP contribution in [0, 0.1) is 0 Å². The van der Waals surface area contributed by atoms with Crippen LogP contribution in [0.25, 0.3) is 0 Å². The minimum absolute atomic E-state index is 0.286. The summed E-state index contributed by atoms with van der Waals surface area (Å²) >= 11 is 1.67. The average Bonchev–Trinajstić information content (AvgIpc) is 2.43. The van der Waals surface area contributed by atoms with E-state index in [-0.39, 0.29) is 5.92 Å². The zero-order valence-corrected chi connectivity index (χ0v) is 10.9. The summed E-state index contributed by atoms with van der Waals surface area (Å²) in [7, 11) is 0. The lowest BCUT2D eigenvalue weighted by atomic mass is 9.85. The van der Waals surface area contributed by atoms with Gasteiger partial charge in [0.25, 0.3) is 0 Å². The summed E-state index contributed by atoms with van der Waals surface area (Å²) in [6, 6.07) is 14.8. The van der Waals surface area contributed by atoms with E-state index in [1.54, 1.807) is 11.8 Å². The van der Waals surface area contributed by atoms with Crippen LogP contribution in [0.15, 0.2) is 58.3 Å². The highest BCUT2D eigenvalue weighted by Gasteiger charge is 2.33. The molecule has 3 nitrogen and oxygen atoms in total. The van der Waals surface area contributed by atoms with Crippen molar-refractivity contribution in [3.05, 3.63) is 59.7 Å². The lowest BCUT2D eigenvalue weighted by Crippen LogP contribution is -2.38. The van der Waals surface area contributed by atoms with Gasteiger partial charge in [0.2, 0.25) is 0 Å². The molecule has 1 aliphatic heterocycles. The number of hydrogen-bond donors (Lipinski definition) is 2. The molecule has 0 fully saturated rings. The number of nitrogens with two attached hydrogens (primary N) is 1. The van der Waals surface area contributed by atoms with Crippen molar-refractivity contribution in [1.29, 1.82) is 0 Å². The van der Waals surface area contributed by atoms with Crippen LogP contribution in [0.5, 0.6) is 0 Å². The van der Waals surface area contributed by atoms with Crippen LogP contribution in [0.4, 0.5) is 0 Å². The standard InChI is InChI=1S/C15H13NO2S/c16-14(15(17)18)13-9-5-1-3-7-11(9)19-12-8-4-2-6-10(12)13/h1-8,13-14H,16H2,(H,17,18)/t14-/m0/s1. The smallest absolute Gasteiger partial charge is 0.321 e. The largest absolute Gasteiger partial charge is 0.480 e. The Kier molecular flexibility index (Phi) is 3.05. The summed E-state index contributed by atoms with van der Waals surface area (Å²) in [6.07, 6.45) is 0. The fourth-order valence-corrected chi connectivity index (χ4v) is 3.63. The minimum Gasteiger partial charge on any atom is -0.480 e. The summed E-state index contributed by atoms with van der Waals surface area (Å²) in [6.45, 7) is 0. The highest BCUT2D eigenvalue weighted by Crippen LogP contribution is 2.46. The lowest BCUT2D eigenvalue weighted by molar-refractivity contribution is -0.138. The van der Waals surface area contributed by atoms with Gasteiger partial charge in [0.05, 0.1) is 0 Å². The van der Waals surface area contributed by atoms with E-state index < -0.39 is 12.0 Å². The summed E-state index contributed by atoms with van der Waals surface area (Å²) in [5.41, 5.74) is 7.91. The molecule has 3 N–H and O–H groups in total. The maximum atomic E-state index is 11.3. The predicted octanol–water partition coefficient (Wildman–Crippen LogP) is 2.70. The molecule has 4 heteroatoms. The van der Waals surface area contributed by atoms with Crippen molar-refractivity contribution < 1.29 is 9.90 Å². The highest BCUT2D eigenvalue weighted by atomic mass is 32.2. The van der Waals surface area contributed by atoms with E-state index in [0.717, 1.165) is 20.9 Å². The Labute approximate surface area is 115 Å². The van der Waals surface area contributed by atoms with Crippen molar-refractivity contribution in [3.63, 3.8) is 0 Å². The molecule has 0 saturated heterocycles. The van der Waals surface area contributed by atoms with Crippen LogP contribution in [0.2, 0.25) is 0 Å². The Morgan fingerprint density at radius 1 is 1.05 bits per heavy atom. The van der Waals surface area contributed by atoms with E-state index in [4.69, 9.17) is 5.73 Å². The number of carboxylic acid groups (broad SMARTS) is 1. The minimum atomic E-state index is -0.971. The molecule has 0 aliphatic carbocycles. The Balaban J connectivity index is 2.19. The fourth-order valence-electron chi connectivity index (χ4n) is 2.48. The molecule has 3 rings (SSSR count). The van der Waals surface area contributed by atoms with Gasteiger partial charge in [-0.2, -0.15) is 0 Å². The Bertz CT molecular complexity index is 596. The molecule has 0 amide bonds. The summed E-state index contributed by atoms with van der Waals surface area (Å²) in [5.74, 6) is -1.26.